The lowest BCUT2D eigenvalue weighted by Gasteiger charge is -2.23. The van der Waals surface area contributed by atoms with Crippen molar-refractivity contribution in [3.63, 3.8) is 0 Å². The third kappa shape index (κ3) is 5.91. The van der Waals surface area contributed by atoms with Gasteiger partial charge in [-0.05, 0) is 58.9 Å². The van der Waals surface area contributed by atoms with Crippen molar-refractivity contribution >= 4 is 0 Å². The normalized spacial score (nSPS) is 12.8. The summed E-state index contributed by atoms with van der Waals surface area (Å²) in [5.74, 6) is 1.61. The van der Waals surface area contributed by atoms with E-state index in [0.29, 0.717) is 0 Å². The minimum Gasteiger partial charge on any atom is -0.497 e. The SMILES string of the molecule is COc1ccc(OC)c(C(N)CN(C)CCCN(C)C)c1. The first-order valence-corrected chi connectivity index (χ1v) is 7.28. The Kier molecular flexibility index (Phi) is 7.50. The first kappa shape index (κ1) is 17.8. The summed E-state index contributed by atoms with van der Waals surface area (Å²) in [4.78, 5) is 4.45. The molecule has 1 aromatic carbocycles. The highest BCUT2D eigenvalue weighted by molar-refractivity contribution is 5.42. The van der Waals surface area contributed by atoms with Crippen LogP contribution in [-0.2, 0) is 0 Å². The smallest absolute Gasteiger partial charge is 0.123 e. The first-order chi connectivity index (χ1) is 9.97. The van der Waals surface area contributed by atoms with Crippen LogP contribution in [0.5, 0.6) is 11.5 Å². The number of nitrogens with zero attached hydrogens (tertiary/aromatic N) is 2. The van der Waals surface area contributed by atoms with Crippen LogP contribution in [0.25, 0.3) is 0 Å². The topological polar surface area (TPSA) is 51.0 Å². The molecule has 0 aliphatic rings. The lowest BCUT2D eigenvalue weighted by molar-refractivity contribution is 0.283. The fourth-order valence-corrected chi connectivity index (χ4v) is 2.31. The molecule has 0 spiro atoms. The predicted octanol–water partition coefficient (Wildman–Crippen LogP) is 1.59. The largest absolute Gasteiger partial charge is 0.497 e. The van der Waals surface area contributed by atoms with Crippen molar-refractivity contribution in [3.8, 4) is 11.5 Å². The van der Waals surface area contributed by atoms with Crippen molar-refractivity contribution in [3.05, 3.63) is 23.8 Å². The van der Waals surface area contributed by atoms with Gasteiger partial charge in [-0.2, -0.15) is 0 Å². The van der Waals surface area contributed by atoms with Crippen LogP contribution < -0.4 is 15.2 Å². The van der Waals surface area contributed by atoms with Gasteiger partial charge in [-0.25, -0.2) is 0 Å². The Morgan fingerprint density at radius 3 is 2.38 bits per heavy atom. The van der Waals surface area contributed by atoms with Gasteiger partial charge in [0.25, 0.3) is 0 Å². The molecule has 0 bridgehead atoms. The number of likely N-dealkylation sites (N-methyl/N-ethyl adjacent to an activating group) is 1. The van der Waals surface area contributed by atoms with Gasteiger partial charge in [0.05, 0.1) is 14.2 Å². The molecule has 1 rings (SSSR count). The number of nitrogens with two attached hydrogens (primary N) is 1. The molecule has 0 amide bonds. The zero-order valence-electron chi connectivity index (χ0n) is 13.9. The lowest BCUT2D eigenvalue weighted by atomic mass is 10.1. The maximum atomic E-state index is 6.34. The van der Waals surface area contributed by atoms with Crippen molar-refractivity contribution in [1.29, 1.82) is 0 Å². The molecule has 0 radical (unpaired) electrons. The van der Waals surface area contributed by atoms with Crippen LogP contribution in [0, 0.1) is 0 Å². The quantitative estimate of drug-likeness (QED) is 0.750. The molecule has 0 saturated carbocycles. The first-order valence-electron chi connectivity index (χ1n) is 7.28. The predicted molar refractivity (Wildman–Crippen MR) is 87.1 cm³/mol. The maximum Gasteiger partial charge on any atom is 0.123 e. The highest BCUT2D eigenvalue weighted by Crippen LogP contribution is 2.28. The molecule has 120 valence electrons. The molecule has 0 fully saturated rings. The zero-order valence-corrected chi connectivity index (χ0v) is 13.9. The van der Waals surface area contributed by atoms with E-state index in [2.05, 4.69) is 30.9 Å². The van der Waals surface area contributed by atoms with E-state index in [-0.39, 0.29) is 6.04 Å². The van der Waals surface area contributed by atoms with Crippen LogP contribution in [-0.4, -0.2) is 64.8 Å². The van der Waals surface area contributed by atoms with Crippen LogP contribution in [0.4, 0.5) is 0 Å². The van der Waals surface area contributed by atoms with Gasteiger partial charge in [0.1, 0.15) is 11.5 Å². The van der Waals surface area contributed by atoms with E-state index in [1.165, 1.54) is 0 Å². The number of benzene rings is 1. The van der Waals surface area contributed by atoms with E-state index in [1.54, 1.807) is 14.2 Å². The highest BCUT2D eigenvalue weighted by Gasteiger charge is 2.15. The molecule has 5 nitrogen and oxygen atoms in total. The fourth-order valence-electron chi connectivity index (χ4n) is 2.31. The Morgan fingerprint density at radius 1 is 1.10 bits per heavy atom. The van der Waals surface area contributed by atoms with Crippen molar-refractivity contribution in [2.75, 3.05) is 55.0 Å². The summed E-state index contributed by atoms with van der Waals surface area (Å²) >= 11 is 0. The summed E-state index contributed by atoms with van der Waals surface area (Å²) in [7, 11) is 9.60. The van der Waals surface area contributed by atoms with Crippen LogP contribution in [0.3, 0.4) is 0 Å². The standard InChI is InChI=1S/C16H29N3O2/c1-18(2)9-6-10-19(3)12-15(17)14-11-13(20-4)7-8-16(14)21-5/h7-8,11,15H,6,9-10,12,17H2,1-5H3. The zero-order chi connectivity index (χ0) is 15.8. The number of hydrogen-bond donors (Lipinski definition) is 1. The van der Waals surface area contributed by atoms with E-state index in [0.717, 1.165) is 43.1 Å². The second-order valence-electron chi connectivity index (χ2n) is 5.63. The summed E-state index contributed by atoms with van der Waals surface area (Å²) < 4.78 is 10.7. The van der Waals surface area contributed by atoms with Gasteiger partial charge in [-0.15, -0.1) is 0 Å². The summed E-state index contributed by atoms with van der Waals surface area (Å²) in [5, 5.41) is 0. The number of hydrogen-bond acceptors (Lipinski definition) is 5. The van der Waals surface area contributed by atoms with Gasteiger partial charge in [0, 0.05) is 18.2 Å². The minimum atomic E-state index is -0.0978. The van der Waals surface area contributed by atoms with Crippen LogP contribution in [0.1, 0.15) is 18.0 Å². The molecule has 0 aromatic heterocycles. The molecule has 0 aliphatic heterocycles. The van der Waals surface area contributed by atoms with Crippen LogP contribution >= 0.6 is 0 Å². The number of ether oxygens (including phenoxy) is 2. The average Bonchev–Trinajstić information content (AvgIpc) is 2.45. The summed E-state index contributed by atoms with van der Waals surface area (Å²) in [6.07, 6.45) is 1.13. The Hall–Kier alpha value is -1.30. The monoisotopic (exact) mass is 295 g/mol. The molecule has 2 N–H and O–H groups in total. The second kappa shape index (κ2) is 8.87. The highest BCUT2D eigenvalue weighted by atomic mass is 16.5. The maximum absolute atomic E-state index is 6.34. The molecule has 1 aromatic rings. The van der Waals surface area contributed by atoms with E-state index in [9.17, 15) is 0 Å². The Labute approximate surface area is 128 Å². The number of methoxy groups -OCH3 is 2. The van der Waals surface area contributed by atoms with Crippen molar-refractivity contribution < 1.29 is 9.47 Å². The number of rotatable bonds is 9. The molecular formula is C16H29N3O2. The van der Waals surface area contributed by atoms with Crippen molar-refractivity contribution in [2.24, 2.45) is 5.73 Å². The van der Waals surface area contributed by atoms with Gasteiger partial charge < -0.3 is 25.0 Å². The van der Waals surface area contributed by atoms with Crippen LogP contribution in [0.15, 0.2) is 18.2 Å². The third-order valence-corrected chi connectivity index (χ3v) is 3.49. The van der Waals surface area contributed by atoms with E-state index in [4.69, 9.17) is 15.2 Å². The molecule has 5 heteroatoms. The fraction of sp³-hybridized carbons (Fsp3) is 0.625. The van der Waals surface area contributed by atoms with Crippen molar-refractivity contribution in [1.82, 2.24) is 9.80 Å². The minimum absolute atomic E-state index is 0.0978. The van der Waals surface area contributed by atoms with Crippen molar-refractivity contribution in [2.45, 2.75) is 12.5 Å². The molecule has 1 atom stereocenters. The van der Waals surface area contributed by atoms with Gasteiger partial charge in [0.2, 0.25) is 0 Å². The van der Waals surface area contributed by atoms with E-state index in [1.807, 2.05) is 18.2 Å². The summed E-state index contributed by atoms with van der Waals surface area (Å²) in [5.41, 5.74) is 7.32. The van der Waals surface area contributed by atoms with E-state index >= 15 is 0 Å². The Bertz CT molecular complexity index is 424. The average molecular weight is 295 g/mol. The Morgan fingerprint density at radius 2 is 1.81 bits per heavy atom. The molecular weight excluding hydrogens is 266 g/mol. The second-order valence-corrected chi connectivity index (χ2v) is 5.63. The van der Waals surface area contributed by atoms with Crippen LogP contribution in [0.2, 0.25) is 0 Å². The molecule has 0 aliphatic carbocycles. The molecule has 1 unspecified atom stereocenters. The molecule has 0 heterocycles. The van der Waals surface area contributed by atoms with E-state index < -0.39 is 0 Å². The summed E-state index contributed by atoms with van der Waals surface area (Å²) in [6.45, 7) is 2.90. The Balaban J connectivity index is 2.63. The summed E-state index contributed by atoms with van der Waals surface area (Å²) in [6, 6.07) is 5.65. The van der Waals surface area contributed by atoms with Gasteiger partial charge in [-0.3, -0.25) is 0 Å². The van der Waals surface area contributed by atoms with Gasteiger partial charge in [-0.1, -0.05) is 0 Å². The molecule has 0 saturated heterocycles. The van der Waals surface area contributed by atoms with Gasteiger partial charge >= 0.3 is 0 Å². The molecule has 21 heavy (non-hydrogen) atoms. The lowest BCUT2D eigenvalue weighted by Crippen LogP contribution is -2.31. The van der Waals surface area contributed by atoms with Gasteiger partial charge in [0.15, 0.2) is 0 Å². The third-order valence-electron chi connectivity index (χ3n) is 3.49.